The van der Waals surface area contributed by atoms with Gasteiger partial charge in [0.05, 0.1) is 53.8 Å². The van der Waals surface area contributed by atoms with E-state index in [0.717, 1.165) is 25.2 Å². The van der Waals surface area contributed by atoms with Crippen LogP contribution in [0.15, 0.2) is 91.5 Å². The molecule has 6 aromatic heterocycles. The summed E-state index contributed by atoms with van der Waals surface area (Å²) >= 11 is 0. The normalized spacial score (nSPS) is 14.5. The van der Waals surface area contributed by atoms with Gasteiger partial charge in [0.25, 0.3) is 11.8 Å². The molecule has 88 heavy (non-hydrogen) atoms. The number of fused-ring (bicyclic) bond motifs is 4. The zero-order valence-corrected chi connectivity index (χ0v) is 54.0. The third kappa shape index (κ3) is 17.2. The third-order valence-corrected chi connectivity index (χ3v) is 17.5. The lowest BCUT2D eigenvalue weighted by molar-refractivity contribution is -0.0504. The van der Waals surface area contributed by atoms with E-state index in [9.17, 15) is 27.2 Å². The Morgan fingerprint density at radius 2 is 1.23 bits per heavy atom. The number of hydrogen-bond donors (Lipinski definition) is 3. The van der Waals surface area contributed by atoms with Crippen molar-refractivity contribution in [1.29, 1.82) is 0 Å². The Hall–Kier alpha value is -7.63. The summed E-state index contributed by atoms with van der Waals surface area (Å²) < 4.78 is 84.9. The van der Waals surface area contributed by atoms with Gasteiger partial charge in [0.1, 0.15) is 58.8 Å². The van der Waals surface area contributed by atoms with E-state index in [1.807, 2.05) is 64.4 Å². The van der Waals surface area contributed by atoms with Crippen LogP contribution in [0.1, 0.15) is 67.8 Å². The molecule has 20 nitrogen and oxygen atoms in total. The Morgan fingerprint density at radius 3 is 1.75 bits per heavy atom. The van der Waals surface area contributed by atoms with Crippen LogP contribution >= 0.6 is 0 Å². The fourth-order valence-corrected chi connectivity index (χ4v) is 11.4. The van der Waals surface area contributed by atoms with Crippen molar-refractivity contribution in [2.45, 2.75) is 150 Å². The van der Waals surface area contributed by atoms with Crippen molar-refractivity contribution in [3.63, 3.8) is 0 Å². The summed E-state index contributed by atoms with van der Waals surface area (Å²) in [4.78, 5) is 48.1. The van der Waals surface area contributed by atoms with E-state index in [2.05, 4.69) is 86.9 Å². The average Bonchev–Trinajstić information content (AvgIpc) is 2.12. The van der Waals surface area contributed by atoms with E-state index in [-0.39, 0.29) is 42.9 Å². The van der Waals surface area contributed by atoms with Crippen molar-refractivity contribution in [3.05, 3.63) is 108 Å². The Balaban J connectivity index is 0.000000221. The Bertz CT molecular complexity index is 3890. The zero-order chi connectivity index (χ0) is 63.3. The number of benzene rings is 3. The van der Waals surface area contributed by atoms with Gasteiger partial charge in [0.15, 0.2) is 11.3 Å². The molecule has 3 aromatic carbocycles. The molecule has 0 bridgehead atoms. The second-order valence-electron chi connectivity index (χ2n) is 26.4. The molecule has 1 aliphatic rings. The number of ether oxygens (including phenoxy) is 5. The van der Waals surface area contributed by atoms with Gasteiger partial charge in [-0.3, -0.25) is 24.3 Å². The van der Waals surface area contributed by atoms with E-state index in [4.69, 9.17) is 39.0 Å². The molecule has 7 heterocycles. The van der Waals surface area contributed by atoms with Crippen LogP contribution in [0.25, 0.3) is 66.9 Å². The lowest BCUT2D eigenvalue weighted by Crippen LogP contribution is -2.43. The molecule has 0 spiro atoms. The van der Waals surface area contributed by atoms with Gasteiger partial charge < -0.3 is 43.5 Å². The van der Waals surface area contributed by atoms with E-state index < -0.39 is 40.4 Å². The fourth-order valence-electron chi connectivity index (χ4n) is 9.86. The highest BCUT2D eigenvalue weighted by Gasteiger charge is 2.28. The molecular weight excluding hydrogens is 1170 g/mol. The minimum Gasteiger partial charge on any atom is -0.435 e. The molecule has 1 aliphatic heterocycles. The average molecular weight is 1250 g/mol. The number of H-pyrrole nitrogens is 1. The van der Waals surface area contributed by atoms with Crippen LogP contribution in [0, 0.1) is 0 Å². The second-order valence-corrected chi connectivity index (χ2v) is 37.7. The number of carbonyl (C=O) groups is 2. The number of nitrogens with one attached hydrogen (secondary N) is 3. The molecule has 9 aromatic rings. The fraction of sp³-hybridized carbons (Fsp3) is 0.452. The van der Waals surface area contributed by atoms with Crippen LogP contribution in [-0.2, 0) is 40.8 Å². The van der Waals surface area contributed by atoms with Gasteiger partial charge in [-0.05, 0) is 95.6 Å². The summed E-state index contributed by atoms with van der Waals surface area (Å²) in [5, 5.41) is 19.3. The van der Waals surface area contributed by atoms with Gasteiger partial charge in [0.2, 0.25) is 0 Å². The molecule has 3 N–H and O–H groups in total. The first-order chi connectivity index (χ1) is 41.5. The number of aromatic amines is 1. The first-order valence-electron chi connectivity index (χ1n) is 29.3. The summed E-state index contributed by atoms with van der Waals surface area (Å²) in [6.45, 7) is 24.2. The predicted octanol–water partition coefficient (Wildman–Crippen LogP) is 12.2. The smallest absolute Gasteiger partial charge is 0.387 e. The van der Waals surface area contributed by atoms with Gasteiger partial charge in [-0.1, -0.05) is 69.6 Å². The summed E-state index contributed by atoms with van der Waals surface area (Å²) in [6.07, 6.45) is 6.39. The van der Waals surface area contributed by atoms with Crippen LogP contribution in [0.3, 0.4) is 0 Å². The monoisotopic (exact) mass is 1250 g/mol. The van der Waals surface area contributed by atoms with Crippen LogP contribution < -0.4 is 20.1 Å². The van der Waals surface area contributed by atoms with Gasteiger partial charge in [-0.25, -0.2) is 19.9 Å². The summed E-state index contributed by atoms with van der Waals surface area (Å²) in [5.74, 6) is -0.574. The Morgan fingerprint density at radius 1 is 0.705 bits per heavy atom. The molecule has 1 unspecified atom stereocenters. The number of carbonyl (C=O) groups excluding carboxylic acids is 2. The van der Waals surface area contributed by atoms with Gasteiger partial charge in [-0.2, -0.15) is 27.8 Å². The molecule has 0 radical (unpaired) electrons. The van der Waals surface area contributed by atoms with Gasteiger partial charge >= 0.3 is 13.2 Å². The highest BCUT2D eigenvalue weighted by Crippen LogP contribution is 2.34. The topological polar surface area (TPSA) is 216 Å². The highest BCUT2D eigenvalue weighted by atomic mass is 28.3. The maximum Gasteiger partial charge on any atom is 0.387 e. The minimum absolute atomic E-state index is 0.00199. The van der Waals surface area contributed by atoms with Crippen molar-refractivity contribution in [1.82, 2.24) is 64.6 Å². The second kappa shape index (κ2) is 27.0. The number of halogens is 4. The predicted molar refractivity (Wildman–Crippen MR) is 336 cm³/mol. The van der Waals surface area contributed by atoms with Crippen LogP contribution in [0.5, 0.6) is 11.5 Å². The molecule has 470 valence electrons. The van der Waals surface area contributed by atoms with Crippen LogP contribution in [-0.4, -0.2) is 145 Å². The zero-order valence-electron chi connectivity index (χ0n) is 52.0. The Labute approximate surface area is 510 Å². The SMILES string of the molecule is CC(C)(C)NC(=O)c1cn(COCC[Si](C)(C)C)c2ncc(-c3n[nH]c4ccc(OC(F)F)cc34)nc12.CC(C)(C)NC(=O)c1cn(COCC[Si](C)(C)C)c2ncc(-c3nn(CC4CN(Cc5ccccc5)CCO4)c4ccc(OC(F)F)cc34)nc12. The van der Waals surface area contributed by atoms with E-state index in [0.29, 0.717) is 111 Å². The maximum atomic E-state index is 13.6. The molecule has 1 fully saturated rings. The number of amides is 2. The molecule has 1 atom stereocenters. The van der Waals surface area contributed by atoms with Gasteiger partial charge in [-0.15, -0.1) is 0 Å². The van der Waals surface area contributed by atoms with E-state index in [1.165, 1.54) is 23.8 Å². The Kier molecular flexibility index (Phi) is 19.9. The standard InChI is InChI=1S/C37H47F2N7O4Si.C25H32F2N6O3Si/c1-37(2,3)42-35(47)29-23-45(24-48-16-17-51(4,5)6)34-33(29)41-30(19-40-34)32-28-18-26(50-36(38)39)12-13-31(28)46(43-32)22-27-21-44(14-15-49-27)20-25-10-8-7-9-11-25;1-25(2,3)30-23(34)17-13-33(14-35-9-10-37(4,5)6)22-21(17)29-19(12-28-22)20-16-11-15(36-24(26)27)7-8-18(16)31-32-20/h7-13,18-19,23,27,36H,14-17,20-22,24H2,1-6H3,(H,42,47);7-8,11-13,24H,9-10,14H2,1-6H3,(H,30,34)(H,31,32). The van der Waals surface area contributed by atoms with Crippen molar-refractivity contribution < 1.29 is 50.8 Å². The summed E-state index contributed by atoms with van der Waals surface area (Å²) in [7, 11) is -2.55. The van der Waals surface area contributed by atoms with E-state index >= 15 is 0 Å². The lowest BCUT2D eigenvalue weighted by Gasteiger charge is -2.33. The number of morpholine rings is 1. The third-order valence-electron chi connectivity index (χ3n) is 14.1. The number of nitrogens with zero attached hydrogens (tertiary/aromatic N) is 10. The van der Waals surface area contributed by atoms with Crippen LogP contribution in [0.2, 0.25) is 51.4 Å². The quantitative estimate of drug-likeness (QED) is 0.0327. The van der Waals surface area contributed by atoms with E-state index in [1.54, 1.807) is 52.1 Å². The highest BCUT2D eigenvalue weighted by molar-refractivity contribution is 6.76. The maximum absolute atomic E-state index is 13.6. The van der Waals surface area contributed by atoms with Crippen LogP contribution in [0.4, 0.5) is 17.6 Å². The molecule has 10 rings (SSSR count). The van der Waals surface area contributed by atoms with Crippen molar-refractivity contribution in [2.24, 2.45) is 0 Å². The summed E-state index contributed by atoms with van der Waals surface area (Å²) in [5.41, 5.74) is 5.70. The number of alkyl halides is 4. The first kappa shape index (κ1) is 64.8. The lowest BCUT2D eigenvalue weighted by atomic mass is 10.1. The molecule has 26 heteroatoms. The minimum atomic E-state index is -2.99. The number of rotatable bonds is 22. The molecule has 0 aliphatic carbocycles. The molecule has 0 saturated carbocycles. The number of aromatic nitrogens is 10. The largest absolute Gasteiger partial charge is 0.435 e. The number of hydrogen-bond acceptors (Lipinski definition) is 14. The van der Waals surface area contributed by atoms with Gasteiger partial charge in [0, 0.05) is 83.2 Å². The van der Waals surface area contributed by atoms with Crippen molar-refractivity contribution >= 4 is 72.1 Å². The first-order valence-corrected chi connectivity index (χ1v) is 36.7. The molecular formula is C62H79F4N13O7Si2. The summed E-state index contributed by atoms with van der Waals surface area (Å²) in [6, 6.07) is 21.6. The van der Waals surface area contributed by atoms with Crippen molar-refractivity contribution in [3.8, 4) is 34.3 Å². The van der Waals surface area contributed by atoms with Crippen molar-refractivity contribution in [2.75, 3.05) is 32.9 Å². The molecule has 1 saturated heterocycles. The molecule has 2 amide bonds.